The highest BCUT2D eigenvalue weighted by Crippen LogP contribution is 2.30. The maximum absolute atomic E-state index is 11.7. The van der Waals surface area contributed by atoms with E-state index in [1.165, 1.54) is 11.8 Å². The van der Waals surface area contributed by atoms with Crippen LogP contribution in [0, 0.1) is 0 Å². The molecule has 1 aromatic carbocycles. The molecule has 10 heteroatoms. The highest BCUT2D eigenvalue weighted by atomic mass is 35.5. The van der Waals surface area contributed by atoms with Gasteiger partial charge in [-0.25, -0.2) is 9.97 Å². The van der Waals surface area contributed by atoms with Crippen LogP contribution in [-0.2, 0) is 5.75 Å². The summed E-state index contributed by atoms with van der Waals surface area (Å²) < 4.78 is 5.80. The van der Waals surface area contributed by atoms with Crippen molar-refractivity contribution in [1.82, 2.24) is 15.0 Å². The van der Waals surface area contributed by atoms with E-state index in [1.807, 2.05) is 25.1 Å². The Bertz CT molecular complexity index is 976. The van der Waals surface area contributed by atoms with Gasteiger partial charge in [-0.1, -0.05) is 40.8 Å². The summed E-state index contributed by atoms with van der Waals surface area (Å²) >= 11 is 8.62. The molecule has 0 bridgehead atoms. The number of nitrogens with zero attached hydrogens (tertiary/aromatic N) is 2. The van der Waals surface area contributed by atoms with Crippen molar-refractivity contribution < 1.29 is 9.84 Å². The Hall–Kier alpha value is -1.81. The zero-order valence-electron chi connectivity index (χ0n) is 14.1. The van der Waals surface area contributed by atoms with Crippen molar-refractivity contribution in [2.24, 2.45) is 0 Å². The molecule has 1 atom stereocenters. The van der Waals surface area contributed by atoms with Crippen molar-refractivity contribution in [2.75, 3.05) is 19.0 Å². The number of aromatic amines is 1. The van der Waals surface area contributed by atoms with E-state index in [0.29, 0.717) is 37.8 Å². The van der Waals surface area contributed by atoms with Crippen LogP contribution in [0.2, 0.25) is 5.02 Å². The number of nitrogens with one attached hydrogen (secondary N) is 2. The first-order valence-electron chi connectivity index (χ1n) is 7.73. The topological polar surface area (TPSA) is 100 Å². The van der Waals surface area contributed by atoms with E-state index in [9.17, 15) is 9.90 Å². The highest BCUT2D eigenvalue weighted by molar-refractivity contribution is 7.98. The van der Waals surface area contributed by atoms with Crippen LogP contribution in [0.4, 0.5) is 5.82 Å². The minimum atomic E-state index is -0.196. The molecule has 0 unspecified atom stereocenters. The van der Waals surface area contributed by atoms with E-state index < -0.39 is 0 Å². The van der Waals surface area contributed by atoms with Gasteiger partial charge in [-0.05, 0) is 24.6 Å². The van der Waals surface area contributed by atoms with Gasteiger partial charge in [0.15, 0.2) is 16.6 Å². The smallest absolute Gasteiger partial charge is 0.306 e. The number of anilines is 1. The molecule has 0 amide bonds. The summed E-state index contributed by atoms with van der Waals surface area (Å²) in [5.74, 6) is 1.77. The molecule has 0 radical (unpaired) electrons. The van der Waals surface area contributed by atoms with E-state index in [1.54, 1.807) is 7.11 Å². The van der Waals surface area contributed by atoms with E-state index in [-0.39, 0.29) is 17.5 Å². The van der Waals surface area contributed by atoms with Crippen molar-refractivity contribution in [1.29, 1.82) is 0 Å². The summed E-state index contributed by atoms with van der Waals surface area (Å²) in [6, 6.07) is 5.39. The largest absolute Gasteiger partial charge is 0.495 e. The number of fused-ring (bicyclic) bond motifs is 1. The number of rotatable bonds is 7. The average molecular weight is 413 g/mol. The lowest BCUT2D eigenvalue weighted by molar-refractivity contribution is 0.281. The first-order valence-corrected chi connectivity index (χ1v) is 9.91. The summed E-state index contributed by atoms with van der Waals surface area (Å²) in [6.45, 7) is 1.78. The van der Waals surface area contributed by atoms with Crippen LogP contribution in [0.3, 0.4) is 0 Å². The molecule has 0 aliphatic rings. The Morgan fingerprint density at radius 3 is 2.96 bits per heavy atom. The predicted molar refractivity (Wildman–Crippen MR) is 106 cm³/mol. The molecule has 0 saturated carbocycles. The Morgan fingerprint density at radius 2 is 2.27 bits per heavy atom. The summed E-state index contributed by atoms with van der Waals surface area (Å²) in [7, 11) is 1.57. The van der Waals surface area contributed by atoms with Crippen LogP contribution in [-0.4, -0.2) is 39.8 Å². The fraction of sp³-hybridized carbons (Fsp3) is 0.312. The Kier molecular flexibility index (Phi) is 6.02. The van der Waals surface area contributed by atoms with Gasteiger partial charge in [0.2, 0.25) is 0 Å². The Morgan fingerprint density at radius 1 is 1.46 bits per heavy atom. The summed E-state index contributed by atoms with van der Waals surface area (Å²) in [4.78, 5) is 23.1. The first-order chi connectivity index (χ1) is 12.5. The number of aromatic nitrogens is 3. The number of hydrogen-bond donors (Lipinski definition) is 3. The number of halogens is 1. The second-order valence-corrected chi connectivity index (χ2v) is 7.87. The quantitative estimate of drug-likeness (QED) is 0.405. The van der Waals surface area contributed by atoms with Crippen molar-refractivity contribution in [2.45, 2.75) is 23.9 Å². The molecule has 0 spiro atoms. The molecule has 2 aromatic heterocycles. The van der Waals surface area contributed by atoms with Gasteiger partial charge in [-0.15, -0.1) is 0 Å². The van der Waals surface area contributed by atoms with Crippen LogP contribution < -0.4 is 14.9 Å². The van der Waals surface area contributed by atoms with Gasteiger partial charge in [0.25, 0.3) is 0 Å². The fourth-order valence-electron chi connectivity index (χ4n) is 2.22. The highest BCUT2D eigenvalue weighted by Gasteiger charge is 2.14. The molecule has 138 valence electrons. The molecular weight excluding hydrogens is 396 g/mol. The third-order valence-electron chi connectivity index (χ3n) is 3.50. The molecule has 3 rings (SSSR count). The second-order valence-electron chi connectivity index (χ2n) is 5.53. The second kappa shape index (κ2) is 8.26. The number of aliphatic hydroxyl groups is 1. The van der Waals surface area contributed by atoms with E-state index in [0.717, 1.165) is 16.9 Å². The summed E-state index contributed by atoms with van der Waals surface area (Å²) in [5.41, 5.74) is 1.49. The zero-order chi connectivity index (χ0) is 18.7. The molecule has 26 heavy (non-hydrogen) atoms. The lowest BCUT2D eigenvalue weighted by atomic mass is 10.2. The SMILES string of the molecule is COc1ccc(CSc2nc(N[C@H](C)CO)c3sc(=O)[nH]c3n2)cc1Cl. The zero-order valence-corrected chi connectivity index (χ0v) is 16.5. The summed E-state index contributed by atoms with van der Waals surface area (Å²) in [6.07, 6.45) is 0. The number of ether oxygens (including phenoxy) is 1. The molecule has 7 nitrogen and oxygen atoms in total. The number of thioether (sulfide) groups is 1. The Labute approximate surface area is 162 Å². The number of hydrogen-bond acceptors (Lipinski definition) is 8. The van der Waals surface area contributed by atoms with Crippen molar-refractivity contribution >= 4 is 50.9 Å². The number of aliphatic hydroxyl groups excluding tert-OH is 1. The van der Waals surface area contributed by atoms with Gasteiger partial charge in [-0.2, -0.15) is 0 Å². The fourth-order valence-corrected chi connectivity index (χ4v) is 4.01. The molecule has 2 heterocycles. The van der Waals surface area contributed by atoms with Crippen molar-refractivity contribution in [3.05, 3.63) is 38.5 Å². The van der Waals surface area contributed by atoms with Crippen LogP contribution in [0.25, 0.3) is 10.3 Å². The minimum absolute atomic E-state index is 0.0440. The average Bonchev–Trinajstić information content (AvgIpc) is 3.00. The minimum Gasteiger partial charge on any atom is -0.495 e. The van der Waals surface area contributed by atoms with E-state index in [2.05, 4.69) is 20.3 Å². The maximum atomic E-state index is 11.7. The van der Waals surface area contributed by atoms with Crippen LogP contribution in [0.15, 0.2) is 28.2 Å². The maximum Gasteiger partial charge on any atom is 0.306 e. The molecule has 0 saturated heterocycles. The van der Waals surface area contributed by atoms with Crippen LogP contribution in [0.1, 0.15) is 12.5 Å². The number of thiazole rings is 1. The van der Waals surface area contributed by atoms with Gasteiger partial charge in [0, 0.05) is 11.8 Å². The van der Waals surface area contributed by atoms with Crippen LogP contribution in [0.5, 0.6) is 5.75 Å². The summed E-state index contributed by atoms with van der Waals surface area (Å²) in [5, 5.41) is 13.4. The standard InChI is InChI=1S/C16H17ClN4O3S2/c1-8(6-22)18-13-12-14(21-16(23)26-12)20-15(19-13)25-7-9-3-4-11(24-2)10(17)5-9/h3-5,8,22H,6-7H2,1-2H3,(H2,18,19,20,21,23)/t8-/m1/s1. The number of H-pyrrole nitrogens is 1. The molecular formula is C16H17ClN4O3S2. The third-order valence-corrected chi connectivity index (χ3v) is 5.59. The van der Waals surface area contributed by atoms with Crippen molar-refractivity contribution in [3.63, 3.8) is 0 Å². The van der Waals surface area contributed by atoms with E-state index >= 15 is 0 Å². The van der Waals surface area contributed by atoms with Gasteiger partial charge in [0.05, 0.1) is 18.7 Å². The van der Waals surface area contributed by atoms with E-state index in [4.69, 9.17) is 16.3 Å². The lowest BCUT2D eigenvalue weighted by Gasteiger charge is -2.12. The molecule has 0 aliphatic carbocycles. The third kappa shape index (κ3) is 4.29. The first kappa shape index (κ1) is 19.0. The van der Waals surface area contributed by atoms with Gasteiger partial charge >= 0.3 is 4.87 Å². The van der Waals surface area contributed by atoms with Crippen molar-refractivity contribution in [3.8, 4) is 5.75 Å². The molecule has 3 N–H and O–H groups in total. The van der Waals surface area contributed by atoms with Gasteiger partial charge in [-0.3, -0.25) is 9.78 Å². The van der Waals surface area contributed by atoms with Crippen LogP contribution >= 0.6 is 34.7 Å². The monoisotopic (exact) mass is 412 g/mol. The molecule has 3 aromatic rings. The normalized spacial score (nSPS) is 12.3. The number of methoxy groups -OCH3 is 1. The lowest BCUT2D eigenvalue weighted by Crippen LogP contribution is -2.20. The molecule has 0 fully saturated rings. The number of benzene rings is 1. The van der Waals surface area contributed by atoms with Gasteiger partial charge in [0.1, 0.15) is 10.4 Å². The molecule has 0 aliphatic heterocycles. The Balaban J connectivity index is 1.85. The van der Waals surface area contributed by atoms with Gasteiger partial charge < -0.3 is 15.2 Å². The predicted octanol–water partition coefficient (Wildman–Crippen LogP) is 3.13.